The second-order valence-electron chi connectivity index (χ2n) is 4.98. The van der Waals surface area contributed by atoms with Crippen molar-refractivity contribution >= 4 is 36.0 Å². The molecule has 0 saturated carbocycles. The van der Waals surface area contributed by atoms with E-state index in [-0.39, 0.29) is 24.2 Å². The summed E-state index contributed by atoms with van der Waals surface area (Å²) in [6.45, 7) is 5.51. The van der Waals surface area contributed by atoms with Crippen molar-refractivity contribution in [3.63, 3.8) is 0 Å². The fourth-order valence-corrected chi connectivity index (χ4v) is 2.00. The van der Waals surface area contributed by atoms with Gasteiger partial charge in [-0.15, -0.1) is 12.4 Å². The standard InChI is InChI=1S/C15H16ClN3O3.ClH/c1-8(2)17-14-12(22-15(20)21)9(3)18-13(19-14)10-4-6-11(16)7-5-10;/h4-8H,1-3H3,(H,20,21)(H,17,18,19);1H. The Kier molecular flexibility index (Phi) is 6.60. The number of benzene rings is 1. The molecule has 0 unspecified atom stereocenters. The topological polar surface area (TPSA) is 84.3 Å². The highest BCUT2D eigenvalue weighted by Crippen LogP contribution is 2.30. The van der Waals surface area contributed by atoms with Crippen molar-refractivity contribution < 1.29 is 14.6 Å². The molecule has 0 bridgehead atoms. The highest BCUT2D eigenvalue weighted by atomic mass is 35.5. The molecular formula is C15H17Cl2N3O3. The van der Waals surface area contributed by atoms with E-state index in [2.05, 4.69) is 15.3 Å². The second kappa shape index (κ2) is 7.99. The van der Waals surface area contributed by atoms with Crippen molar-refractivity contribution in [2.75, 3.05) is 5.32 Å². The number of aromatic nitrogens is 2. The van der Waals surface area contributed by atoms with Crippen molar-refractivity contribution in [1.29, 1.82) is 0 Å². The smallest absolute Gasteiger partial charge is 0.449 e. The Morgan fingerprint density at radius 2 is 1.87 bits per heavy atom. The van der Waals surface area contributed by atoms with Gasteiger partial charge in [-0.05, 0) is 45.0 Å². The number of hydrogen-bond donors (Lipinski definition) is 2. The number of carboxylic acid groups (broad SMARTS) is 1. The lowest BCUT2D eigenvalue weighted by molar-refractivity contribution is 0.144. The van der Waals surface area contributed by atoms with Crippen LogP contribution >= 0.6 is 24.0 Å². The molecule has 0 spiro atoms. The summed E-state index contributed by atoms with van der Waals surface area (Å²) in [5.41, 5.74) is 1.21. The molecule has 8 heteroatoms. The van der Waals surface area contributed by atoms with E-state index in [0.717, 1.165) is 5.56 Å². The number of anilines is 1. The molecule has 1 aromatic heterocycles. The molecule has 0 aliphatic rings. The Bertz CT molecular complexity index is 691. The Balaban J connectivity index is 0.00000264. The van der Waals surface area contributed by atoms with Gasteiger partial charge in [-0.1, -0.05) is 11.6 Å². The van der Waals surface area contributed by atoms with E-state index in [1.165, 1.54) is 0 Å². The Morgan fingerprint density at radius 1 is 1.26 bits per heavy atom. The van der Waals surface area contributed by atoms with Gasteiger partial charge in [-0.25, -0.2) is 14.8 Å². The third kappa shape index (κ3) is 4.97. The van der Waals surface area contributed by atoms with E-state index in [1.54, 1.807) is 31.2 Å². The number of nitrogens with zero attached hydrogens (tertiary/aromatic N) is 2. The zero-order valence-electron chi connectivity index (χ0n) is 12.8. The number of hydrogen-bond acceptors (Lipinski definition) is 5. The number of halogens is 2. The van der Waals surface area contributed by atoms with E-state index in [0.29, 0.717) is 22.4 Å². The van der Waals surface area contributed by atoms with Crippen molar-refractivity contribution in [2.24, 2.45) is 0 Å². The third-order valence-electron chi connectivity index (χ3n) is 2.75. The Labute approximate surface area is 145 Å². The second-order valence-corrected chi connectivity index (χ2v) is 5.42. The van der Waals surface area contributed by atoms with Crippen LogP contribution in [0.3, 0.4) is 0 Å². The van der Waals surface area contributed by atoms with Gasteiger partial charge in [-0.3, -0.25) is 0 Å². The van der Waals surface area contributed by atoms with Gasteiger partial charge >= 0.3 is 6.16 Å². The van der Waals surface area contributed by atoms with Crippen LogP contribution in [-0.4, -0.2) is 27.3 Å². The average molecular weight is 358 g/mol. The molecule has 23 heavy (non-hydrogen) atoms. The van der Waals surface area contributed by atoms with Gasteiger partial charge < -0.3 is 15.2 Å². The zero-order valence-corrected chi connectivity index (χ0v) is 14.4. The summed E-state index contributed by atoms with van der Waals surface area (Å²) in [6.07, 6.45) is -1.40. The summed E-state index contributed by atoms with van der Waals surface area (Å²) in [5.74, 6) is 0.920. The first-order valence-corrected chi connectivity index (χ1v) is 7.06. The first kappa shape index (κ1) is 19.0. The van der Waals surface area contributed by atoms with Crippen molar-refractivity contribution in [3.8, 4) is 17.1 Å². The molecule has 2 N–H and O–H groups in total. The van der Waals surface area contributed by atoms with Crippen LogP contribution in [0.5, 0.6) is 5.75 Å². The summed E-state index contributed by atoms with van der Waals surface area (Å²) < 4.78 is 4.80. The lowest BCUT2D eigenvalue weighted by Crippen LogP contribution is -2.16. The first-order chi connectivity index (χ1) is 10.4. The van der Waals surface area contributed by atoms with E-state index in [1.807, 2.05) is 13.8 Å². The van der Waals surface area contributed by atoms with Gasteiger partial charge in [-0.2, -0.15) is 0 Å². The molecule has 0 fully saturated rings. The number of nitrogens with one attached hydrogen (secondary N) is 1. The summed E-state index contributed by atoms with van der Waals surface area (Å²) in [7, 11) is 0. The molecule has 0 radical (unpaired) electrons. The maximum Gasteiger partial charge on any atom is 0.511 e. The van der Waals surface area contributed by atoms with Gasteiger partial charge in [0.2, 0.25) is 0 Å². The minimum absolute atomic E-state index is 0. The largest absolute Gasteiger partial charge is 0.511 e. The average Bonchev–Trinajstić information content (AvgIpc) is 2.42. The SMILES string of the molecule is Cc1nc(-c2ccc(Cl)cc2)nc(NC(C)C)c1OC(=O)O.Cl. The molecule has 2 aromatic rings. The minimum atomic E-state index is -1.40. The fraction of sp³-hybridized carbons (Fsp3) is 0.267. The maximum absolute atomic E-state index is 10.8. The van der Waals surface area contributed by atoms with Crippen LogP contribution in [0.25, 0.3) is 11.4 Å². The summed E-state index contributed by atoms with van der Waals surface area (Å²) in [6, 6.07) is 7.14. The minimum Gasteiger partial charge on any atom is -0.449 e. The van der Waals surface area contributed by atoms with Gasteiger partial charge in [0.25, 0.3) is 0 Å². The Morgan fingerprint density at radius 3 is 2.39 bits per heavy atom. The normalized spacial score (nSPS) is 10.1. The van der Waals surface area contributed by atoms with Gasteiger partial charge in [0.15, 0.2) is 17.4 Å². The van der Waals surface area contributed by atoms with Crippen molar-refractivity contribution in [3.05, 3.63) is 35.0 Å². The number of aryl methyl sites for hydroxylation is 1. The Hall–Kier alpha value is -2.05. The molecule has 6 nitrogen and oxygen atoms in total. The highest BCUT2D eigenvalue weighted by molar-refractivity contribution is 6.30. The lowest BCUT2D eigenvalue weighted by Gasteiger charge is -2.15. The van der Waals surface area contributed by atoms with Crippen LogP contribution in [0.1, 0.15) is 19.5 Å². The molecule has 1 heterocycles. The van der Waals surface area contributed by atoms with E-state index in [4.69, 9.17) is 21.4 Å². The quantitative estimate of drug-likeness (QED) is 0.788. The number of carbonyl (C=O) groups is 1. The molecule has 1 aromatic carbocycles. The van der Waals surface area contributed by atoms with Crippen molar-refractivity contribution in [1.82, 2.24) is 9.97 Å². The van der Waals surface area contributed by atoms with E-state index in [9.17, 15) is 4.79 Å². The van der Waals surface area contributed by atoms with Crippen LogP contribution < -0.4 is 10.1 Å². The van der Waals surface area contributed by atoms with Gasteiger partial charge in [0, 0.05) is 16.6 Å². The van der Waals surface area contributed by atoms with Gasteiger partial charge in [0.1, 0.15) is 0 Å². The maximum atomic E-state index is 10.8. The highest BCUT2D eigenvalue weighted by Gasteiger charge is 2.17. The molecule has 0 saturated heterocycles. The van der Waals surface area contributed by atoms with E-state index < -0.39 is 6.16 Å². The van der Waals surface area contributed by atoms with Gasteiger partial charge in [0.05, 0.1) is 5.69 Å². The fourth-order valence-electron chi connectivity index (χ4n) is 1.87. The zero-order chi connectivity index (χ0) is 16.3. The third-order valence-corrected chi connectivity index (χ3v) is 3.00. The predicted molar refractivity (Wildman–Crippen MR) is 91.9 cm³/mol. The van der Waals surface area contributed by atoms with Crippen LogP contribution in [0.4, 0.5) is 10.6 Å². The van der Waals surface area contributed by atoms with Crippen LogP contribution in [-0.2, 0) is 0 Å². The molecular weight excluding hydrogens is 341 g/mol. The monoisotopic (exact) mass is 357 g/mol. The van der Waals surface area contributed by atoms with Crippen LogP contribution in [0.15, 0.2) is 24.3 Å². The lowest BCUT2D eigenvalue weighted by atomic mass is 10.2. The summed E-state index contributed by atoms with van der Waals surface area (Å²) in [4.78, 5) is 19.5. The number of rotatable bonds is 4. The van der Waals surface area contributed by atoms with Crippen LogP contribution in [0.2, 0.25) is 5.02 Å². The predicted octanol–water partition coefficient (Wildman–Crippen LogP) is 4.40. The number of ether oxygens (including phenoxy) is 1. The molecule has 0 atom stereocenters. The molecule has 0 aliphatic heterocycles. The first-order valence-electron chi connectivity index (χ1n) is 6.68. The summed E-state index contributed by atoms with van der Waals surface area (Å²) >= 11 is 5.87. The van der Waals surface area contributed by atoms with Crippen molar-refractivity contribution in [2.45, 2.75) is 26.8 Å². The van der Waals surface area contributed by atoms with E-state index >= 15 is 0 Å². The summed E-state index contributed by atoms with van der Waals surface area (Å²) in [5, 5.41) is 12.5. The van der Waals surface area contributed by atoms with Crippen LogP contribution in [0, 0.1) is 6.92 Å². The molecule has 2 rings (SSSR count). The molecule has 0 amide bonds. The molecule has 0 aliphatic carbocycles. The molecule has 124 valence electrons.